The number of benzene rings is 1. The van der Waals surface area contributed by atoms with Crippen molar-refractivity contribution in [1.82, 2.24) is 24.0 Å². The predicted molar refractivity (Wildman–Crippen MR) is 131 cm³/mol. The Bertz CT molecular complexity index is 1380. The molecule has 3 aromatic rings. The Labute approximate surface area is 209 Å². The third kappa shape index (κ3) is 5.53. The molecular formula is C24H28F3N5O3S. The molecule has 4 rings (SSSR count). The third-order valence-electron chi connectivity index (χ3n) is 6.46. The van der Waals surface area contributed by atoms with Gasteiger partial charge < -0.3 is 9.88 Å². The largest absolute Gasteiger partial charge is 0.416 e. The molecule has 2 aromatic heterocycles. The van der Waals surface area contributed by atoms with Gasteiger partial charge in [-0.05, 0) is 30.5 Å². The number of halogens is 3. The lowest BCUT2D eigenvalue weighted by molar-refractivity contribution is -0.137. The molecule has 0 atom stereocenters. The van der Waals surface area contributed by atoms with Gasteiger partial charge in [0.1, 0.15) is 0 Å². The van der Waals surface area contributed by atoms with Crippen LogP contribution in [0, 0.1) is 0 Å². The zero-order valence-electron chi connectivity index (χ0n) is 20.1. The number of imidazole rings is 1. The highest BCUT2D eigenvalue weighted by Crippen LogP contribution is 2.30. The minimum Gasteiger partial charge on any atom is -0.353 e. The first kappa shape index (κ1) is 26.1. The average molecular weight is 524 g/mol. The van der Waals surface area contributed by atoms with Crippen LogP contribution in [-0.2, 0) is 31.6 Å². The van der Waals surface area contributed by atoms with Crippen LogP contribution in [0.1, 0.15) is 49.7 Å². The van der Waals surface area contributed by atoms with Gasteiger partial charge in [0.2, 0.25) is 5.91 Å². The fourth-order valence-corrected chi connectivity index (χ4v) is 5.34. The summed E-state index contributed by atoms with van der Waals surface area (Å²) in [6.45, 7) is -0.0829. The van der Waals surface area contributed by atoms with E-state index < -0.39 is 23.0 Å². The zero-order valence-corrected chi connectivity index (χ0v) is 20.9. The number of carbonyl (C=O) groups is 1. The summed E-state index contributed by atoms with van der Waals surface area (Å²) in [7, 11) is 2.80. The van der Waals surface area contributed by atoms with E-state index in [0.29, 0.717) is 5.56 Å². The summed E-state index contributed by atoms with van der Waals surface area (Å²) >= 11 is 1.09. The second kappa shape index (κ2) is 10.5. The molecule has 0 spiro atoms. The second-order valence-electron chi connectivity index (χ2n) is 9.10. The molecule has 36 heavy (non-hydrogen) atoms. The molecule has 1 amide bonds. The molecule has 0 aliphatic heterocycles. The molecule has 1 aliphatic carbocycles. The van der Waals surface area contributed by atoms with Crippen molar-refractivity contribution in [3.8, 4) is 0 Å². The molecular weight excluding hydrogens is 495 g/mol. The molecule has 12 heteroatoms. The number of nitrogens with one attached hydrogen (secondary N) is 1. The van der Waals surface area contributed by atoms with Crippen LogP contribution in [0.2, 0.25) is 0 Å². The van der Waals surface area contributed by atoms with E-state index in [-0.39, 0.29) is 40.6 Å². The maximum absolute atomic E-state index is 13.3. The van der Waals surface area contributed by atoms with Gasteiger partial charge in [-0.3, -0.25) is 18.7 Å². The molecule has 1 aliphatic rings. The summed E-state index contributed by atoms with van der Waals surface area (Å²) in [5, 5.41) is 3.33. The van der Waals surface area contributed by atoms with Crippen LogP contribution >= 0.6 is 11.8 Å². The number of alkyl halides is 3. The van der Waals surface area contributed by atoms with Gasteiger partial charge in [0.15, 0.2) is 16.3 Å². The topological polar surface area (TPSA) is 90.9 Å². The molecule has 1 N–H and O–H groups in total. The minimum atomic E-state index is -4.51. The number of thioether (sulfide) groups is 1. The maximum Gasteiger partial charge on any atom is 0.416 e. The van der Waals surface area contributed by atoms with Gasteiger partial charge in [-0.25, -0.2) is 9.78 Å². The molecule has 8 nitrogen and oxygen atoms in total. The van der Waals surface area contributed by atoms with Crippen LogP contribution in [0.25, 0.3) is 11.2 Å². The zero-order chi connectivity index (χ0) is 26.0. The van der Waals surface area contributed by atoms with Crippen LogP contribution < -0.4 is 16.6 Å². The predicted octanol–water partition coefficient (Wildman–Crippen LogP) is 3.43. The number of hydrogen-bond donors (Lipinski definition) is 1. The monoisotopic (exact) mass is 523 g/mol. The van der Waals surface area contributed by atoms with Gasteiger partial charge >= 0.3 is 11.9 Å². The number of aryl methyl sites for hydroxylation is 1. The van der Waals surface area contributed by atoms with Crippen molar-refractivity contribution >= 4 is 28.8 Å². The van der Waals surface area contributed by atoms with Gasteiger partial charge in [0.05, 0.1) is 17.9 Å². The van der Waals surface area contributed by atoms with E-state index in [2.05, 4.69) is 10.3 Å². The molecule has 1 saturated carbocycles. The number of nitrogens with zero attached hydrogens (tertiary/aromatic N) is 4. The first-order valence-corrected chi connectivity index (χ1v) is 12.8. The summed E-state index contributed by atoms with van der Waals surface area (Å²) in [6.07, 6.45) is 1.82. The van der Waals surface area contributed by atoms with E-state index in [9.17, 15) is 27.6 Å². The summed E-state index contributed by atoms with van der Waals surface area (Å²) in [4.78, 5) is 42.6. The molecule has 0 saturated heterocycles. The number of hydrogen-bond acceptors (Lipinski definition) is 5. The summed E-state index contributed by atoms with van der Waals surface area (Å²) in [5.74, 6) is -0.150. The summed E-state index contributed by atoms with van der Waals surface area (Å²) < 4.78 is 43.4. The lowest BCUT2D eigenvalue weighted by Crippen LogP contribution is -2.37. The molecule has 2 heterocycles. The van der Waals surface area contributed by atoms with E-state index in [0.717, 1.165) is 67.0 Å². The van der Waals surface area contributed by atoms with Crippen LogP contribution in [0.15, 0.2) is 39.0 Å². The van der Waals surface area contributed by atoms with E-state index in [1.54, 1.807) is 0 Å². The lowest BCUT2D eigenvalue weighted by Gasteiger charge is -2.16. The van der Waals surface area contributed by atoms with Crippen LogP contribution in [-0.4, -0.2) is 36.4 Å². The quantitative estimate of drug-likeness (QED) is 0.395. The Kier molecular flexibility index (Phi) is 7.62. The molecule has 0 unspecified atom stereocenters. The fraction of sp³-hybridized carbons (Fsp3) is 0.500. The van der Waals surface area contributed by atoms with E-state index in [1.165, 1.54) is 35.4 Å². The van der Waals surface area contributed by atoms with Gasteiger partial charge in [-0.1, -0.05) is 49.6 Å². The molecule has 1 fully saturated rings. The first-order valence-electron chi connectivity index (χ1n) is 11.8. The van der Waals surface area contributed by atoms with Gasteiger partial charge in [0, 0.05) is 20.1 Å². The smallest absolute Gasteiger partial charge is 0.353 e. The lowest BCUT2D eigenvalue weighted by atomic mass is 10.1. The SMILES string of the molecule is Cn1c(=O)c2c(nc(SCC(=O)NC3CCCCCC3)n2Cc2cccc(C(F)(F)F)c2)n(C)c1=O. The van der Waals surface area contributed by atoms with Crippen LogP contribution in [0.4, 0.5) is 13.2 Å². The fourth-order valence-electron chi connectivity index (χ4n) is 4.54. The molecule has 194 valence electrons. The normalized spacial score (nSPS) is 15.2. The van der Waals surface area contributed by atoms with Crippen molar-refractivity contribution in [3.63, 3.8) is 0 Å². The second-order valence-corrected chi connectivity index (χ2v) is 10.0. The maximum atomic E-state index is 13.3. The van der Waals surface area contributed by atoms with E-state index in [4.69, 9.17) is 0 Å². The van der Waals surface area contributed by atoms with Gasteiger partial charge in [-0.15, -0.1) is 0 Å². The number of rotatable bonds is 6. The summed E-state index contributed by atoms with van der Waals surface area (Å²) in [5.41, 5.74) is -1.47. The highest BCUT2D eigenvalue weighted by atomic mass is 32.2. The Morgan fingerprint density at radius 2 is 1.81 bits per heavy atom. The highest BCUT2D eigenvalue weighted by molar-refractivity contribution is 7.99. The van der Waals surface area contributed by atoms with Crippen molar-refractivity contribution < 1.29 is 18.0 Å². The molecule has 0 bridgehead atoms. The summed E-state index contributed by atoms with van der Waals surface area (Å²) in [6, 6.07) is 4.95. The average Bonchev–Trinajstić information content (AvgIpc) is 2.99. The number of amides is 1. The number of carbonyl (C=O) groups excluding carboxylic acids is 1. The highest BCUT2D eigenvalue weighted by Gasteiger charge is 2.30. The van der Waals surface area contributed by atoms with Gasteiger partial charge in [-0.2, -0.15) is 13.2 Å². The Balaban J connectivity index is 1.68. The van der Waals surface area contributed by atoms with Crippen molar-refractivity contribution in [3.05, 3.63) is 56.2 Å². The van der Waals surface area contributed by atoms with Crippen LogP contribution in [0.5, 0.6) is 0 Å². The Morgan fingerprint density at radius 1 is 1.11 bits per heavy atom. The van der Waals surface area contributed by atoms with Crippen molar-refractivity contribution in [1.29, 1.82) is 0 Å². The third-order valence-corrected chi connectivity index (χ3v) is 7.44. The van der Waals surface area contributed by atoms with Crippen molar-refractivity contribution in [2.75, 3.05) is 5.75 Å². The van der Waals surface area contributed by atoms with Crippen molar-refractivity contribution in [2.24, 2.45) is 14.1 Å². The first-order chi connectivity index (χ1) is 17.1. The molecule has 1 aromatic carbocycles. The van der Waals surface area contributed by atoms with E-state index >= 15 is 0 Å². The number of fused-ring (bicyclic) bond motifs is 1. The van der Waals surface area contributed by atoms with Gasteiger partial charge in [0.25, 0.3) is 5.56 Å². The standard InChI is InChI=1S/C24H28F3N5O3S/c1-30-20-19(21(34)31(2)23(30)35)32(13-15-8-7-9-16(12-15)24(25,26)27)22(29-20)36-14-18(33)28-17-10-5-3-4-6-11-17/h7-9,12,17H,3-6,10-11,13-14H2,1-2H3,(H,28,33). The number of aromatic nitrogens is 4. The minimum absolute atomic E-state index is 0.0245. The Hall–Kier alpha value is -3.02. The van der Waals surface area contributed by atoms with E-state index in [1.807, 2.05) is 0 Å². The van der Waals surface area contributed by atoms with Crippen molar-refractivity contribution in [2.45, 2.75) is 62.4 Å². The molecule has 0 radical (unpaired) electrons. The Morgan fingerprint density at radius 3 is 2.47 bits per heavy atom. The van der Waals surface area contributed by atoms with Crippen LogP contribution in [0.3, 0.4) is 0 Å².